The summed E-state index contributed by atoms with van der Waals surface area (Å²) in [5, 5.41) is 20.0. The van der Waals surface area contributed by atoms with Crippen molar-refractivity contribution in [2.24, 2.45) is 15.9 Å². The number of fused-ring (bicyclic) bond motifs is 1. The van der Waals surface area contributed by atoms with E-state index in [4.69, 9.17) is 15.1 Å². The van der Waals surface area contributed by atoms with Gasteiger partial charge in [0.25, 0.3) is 0 Å². The number of benzene rings is 2. The van der Waals surface area contributed by atoms with Crippen molar-refractivity contribution in [2.75, 3.05) is 0 Å². The van der Waals surface area contributed by atoms with Crippen LogP contribution in [0.3, 0.4) is 0 Å². The van der Waals surface area contributed by atoms with Crippen LogP contribution in [0.25, 0.3) is 11.0 Å². The third-order valence-corrected chi connectivity index (χ3v) is 7.42. The lowest BCUT2D eigenvalue weighted by atomic mass is 9.77. The summed E-state index contributed by atoms with van der Waals surface area (Å²) < 4.78 is 0. The number of aliphatic carboxylic acids is 1. The minimum absolute atomic E-state index is 0.307. The van der Waals surface area contributed by atoms with Crippen molar-refractivity contribution in [3.05, 3.63) is 64.9 Å². The van der Waals surface area contributed by atoms with Crippen LogP contribution in [0.5, 0.6) is 0 Å². The van der Waals surface area contributed by atoms with Crippen LogP contribution in [0.15, 0.2) is 58.2 Å². The molecule has 2 N–H and O–H groups in total. The number of nitrogens with zero attached hydrogens (tertiary/aromatic N) is 4. The van der Waals surface area contributed by atoms with Crippen molar-refractivity contribution in [3.8, 4) is 0 Å². The van der Waals surface area contributed by atoms with Gasteiger partial charge >= 0.3 is 5.97 Å². The van der Waals surface area contributed by atoms with Crippen molar-refractivity contribution in [2.45, 2.75) is 64.7 Å². The Morgan fingerprint density at radius 2 is 1.77 bits per heavy atom. The van der Waals surface area contributed by atoms with Gasteiger partial charge in [0.2, 0.25) is 0 Å². The highest BCUT2D eigenvalue weighted by molar-refractivity contribution is 6.06. The molecule has 1 fully saturated rings. The third kappa shape index (κ3) is 5.24. The molecule has 2 aromatic carbocycles. The van der Waals surface area contributed by atoms with Gasteiger partial charge in [-0.25, -0.2) is 0 Å². The molecule has 0 bridgehead atoms. The lowest BCUT2D eigenvalue weighted by Crippen LogP contribution is -2.16. The zero-order chi connectivity index (χ0) is 24.4. The summed E-state index contributed by atoms with van der Waals surface area (Å²) >= 11 is 0. The second kappa shape index (κ2) is 9.94. The number of nitrogens with one attached hydrogen (secondary N) is 1. The molecule has 0 saturated heterocycles. The summed E-state index contributed by atoms with van der Waals surface area (Å²) in [4.78, 5) is 20.6. The minimum atomic E-state index is -0.673. The SMILES string of the molecule is CC(=Nc1cc2n[nH]nc2cc1C)C1=CN=C(c2ccc(C3CCC(CC(=O)O)CC3)cc2)CC1. The van der Waals surface area contributed by atoms with E-state index in [0.717, 1.165) is 77.8 Å². The van der Waals surface area contributed by atoms with Crippen LogP contribution in [0.1, 0.15) is 74.5 Å². The second-order valence-corrected chi connectivity index (χ2v) is 9.82. The van der Waals surface area contributed by atoms with Gasteiger partial charge in [-0.1, -0.05) is 24.3 Å². The molecule has 1 aromatic heterocycles. The second-order valence-electron chi connectivity index (χ2n) is 9.82. The number of aromatic amines is 1. The van der Waals surface area contributed by atoms with Crippen molar-refractivity contribution in [1.29, 1.82) is 0 Å². The van der Waals surface area contributed by atoms with Gasteiger partial charge < -0.3 is 5.11 Å². The molecular weight excluding hydrogens is 438 g/mol. The van der Waals surface area contributed by atoms with Crippen molar-refractivity contribution >= 4 is 34.1 Å². The first-order valence-electron chi connectivity index (χ1n) is 12.4. The molecule has 1 aliphatic heterocycles. The maximum absolute atomic E-state index is 11.0. The number of allylic oxidation sites excluding steroid dienone is 1. The highest BCUT2D eigenvalue weighted by Crippen LogP contribution is 2.37. The van der Waals surface area contributed by atoms with Crippen LogP contribution in [0.2, 0.25) is 0 Å². The number of aryl methyl sites for hydroxylation is 1. The number of carbonyl (C=O) groups is 1. The fourth-order valence-electron chi connectivity index (χ4n) is 5.28. The normalized spacial score (nSPS) is 21.0. The van der Waals surface area contributed by atoms with E-state index in [9.17, 15) is 4.79 Å². The molecule has 0 atom stereocenters. The molecule has 0 unspecified atom stereocenters. The Hall–Kier alpha value is -3.61. The molecular formula is C28H31N5O2. The molecule has 7 nitrogen and oxygen atoms in total. The molecule has 2 aliphatic rings. The quantitative estimate of drug-likeness (QED) is 0.415. The first kappa shape index (κ1) is 23.1. The van der Waals surface area contributed by atoms with E-state index in [1.54, 1.807) is 0 Å². The van der Waals surface area contributed by atoms with Crippen molar-refractivity contribution < 1.29 is 9.90 Å². The van der Waals surface area contributed by atoms with Crippen LogP contribution in [0.4, 0.5) is 5.69 Å². The molecule has 0 radical (unpaired) electrons. The van der Waals surface area contributed by atoms with E-state index in [1.165, 1.54) is 11.1 Å². The van der Waals surface area contributed by atoms with Crippen LogP contribution in [-0.2, 0) is 4.79 Å². The molecule has 5 rings (SSSR count). The zero-order valence-electron chi connectivity index (χ0n) is 20.3. The Labute approximate surface area is 205 Å². The molecule has 1 aliphatic carbocycles. The Morgan fingerprint density at radius 1 is 1.06 bits per heavy atom. The zero-order valence-corrected chi connectivity index (χ0v) is 20.3. The average molecular weight is 470 g/mol. The van der Waals surface area contributed by atoms with Gasteiger partial charge in [0.15, 0.2) is 0 Å². The summed E-state index contributed by atoms with van der Waals surface area (Å²) in [6.45, 7) is 4.08. The van der Waals surface area contributed by atoms with Gasteiger partial charge in [0.05, 0.1) is 5.69 Å². The highest BCUT2D eigenvalue weighted by atomic mass is 16.4. The largest absolute Gasteiger partial charge is 0.481 e. The lowest BCUT2D eigenvalue weighted by molar-refractivity contribution is -0.138. The maximum atomic E-state index is 11.0. The lowest BCUT2D eigenvalue weighted by Gasteiger charge is -2.28. The van der Waals surface area contributed by atoms with E-state index in [0.29, 0.717) is 18.3 Å². The van der Waals surface area contributed by atoms with E-state index < -0.39 is 5.97 Å². The van der Waals surface area contributed by atoms with Gasteiger partial charge in [-0.05, 0) is 98.6 Å². The first-order valence-corrected chi connectivity index (χ1v) is 12.4. The average Bonchev–Trinajstić information content (AvgIpc) is 3.31. The Bertz CT molecular complexity index is 1330. The van der Waals surface area contributed by atoms with Gasteiger partial charge in [-0.2, -0.15) is 15.4 Å². The maximum Gasteiger partial charge on any atom is 0.303 e. The standard InChI is InChI=1S/C28H31N5O2/c1-17-13-26-27(32-33-31-26)15-25(17)30-18(2)23-11-12-24(29-16-23)22-9-7-21(8-10-22)20-5-3-19(4-6-20)14-28(34)35/h7-10,13,15-16,19-20H,3-6,11-12,14H2,1-2H3,(H,34,35)(H,31,32,33). The van der Waals surface area contributed by atoms with E-state index in [1.807, 2.05) is 32.2 Å². The van der Waals surface area contributed by atoms with Gasteiger partial charge in [0, 0.05) is 24.0 Å². The summed E-state index contributed by atoms with van der Waals surface area (Å²) in [6, 6.07) is 12.8. The van der Waals surface area contributed by atoms with Gasteiger partial charge in [0.1, 0.15) is 11.0 Å². The molecule has 2 heterocycles. The van der Waals surface area contributed by atoms with Crippen molar-refractivity contribution in [1.82, 2.24) is 15.4 Å². The fraction of sp³-hybridized carbons (Fsp3) is 0.393. The molecule has 1 saturated carbocycles. The minimum Gasteiger partial charge on any atom is -0.481 e. The van der Waals surface area contributed by atoms with E-state index in [-0.39, 0.29) is 0 Å². The molecule has 7 heteroatoms. The van der Waals surface area contributed by atoms with E-state index >= 15 is 0 Å². The van der Waals surface area contributed by atoms with Crippen LogP contribution >= 0.6 is 0 Å². The molecule has 35 heavy (non-hydrogen) atoms. The molecule has 0 amide bonds. The summed E-state index contributed by atoms with van der Waals surface area (Å²) in [5.41, 5.74) is 9.42. The summed E-state index contributed by atoms with van der Waals surface area (Å²) in [6.07, 6.45) is 8.23. The predicted molar refractivity (Wildman–Crippen MR) is 139 cm³/mol. The number of rotatable bonds is 6. The molecule has 0 spiro atoms. The topological polar surface area (TPSA) is 104 Å². The third-order valence-electron chi connectivity index (χ3n) is 7.42. The number of aliphatic imine (C=N–C) groups is 2. The number of aromatic nitrogens is 3. The Balaban J connectivity index is 1.25. The van der Waals surface area contributed by atoms with E-state index in [2.05, 4.69) is 39.7 Å². The predicted octanol–water partition coefficient (Wildman–Crippen LogP) is 6.27. The Kier molecular flexibility index (Phi) is 6.57. The number of hydrogen-bond acceptors (Lipinski definition) is 5. The number of carboxylic acid groups (broad SMARTS) is 1. The fourth-order valence-corrected chi connectivity index (χ4v) is 5.28. The van der Waals surface area contributed by atoms with Crippen LogP contribution in [-0.4, -0.2) is 37.9 Å². The first-order chi connectivity index (χ1) is 17.0. The number of H-pyrrole nitrogens is 1. The molecule has 180 valence electrons. The molecule has 3 aromatic rings. The van der Waals surface area contributed by atoms with Crippen LogP contribution in [0, 0.1) is 12.8 Å². The smallest absolute Gasteiger partial charge is 0.303 e. The van der Waals surface area contributed by atoms with Crippen molar-refractivity contribution in [3.63, 3.8) is 0 Å². The van der Waals surface area contributed by atoms with Crippen LogP contribution < -0.4 is 0 Å². The summed E-state index contributed by atoms with van der Waals surface area (Å²) in [7, 11) is 0. The number of carboxylic acids is 1. The van der Waals surface area contributed by atoms with Gasteiger partial charge in [-0.15, -0.1) is 0 Å². The summed E-state index contributed by atoms with van der Waals surface area (Å²) in [5.74, 6) is 0.197. The monoisotopic (exact) mass is 469 g/mol. The highest BCUT2D eigenvalue weighted by Gasteiger charge is 2.24. The Morgan fingerprint density at radius 3 is 2.43 bits per heavy atom. The number of hydrogen-bond donors (Lipinski definition) is 2. The van der Waals surface area contributed by atoms with Gasteiger partial charge in [-0.3, -0.25) is 14.8 Å².